The van der Waals surface area contributed by atoms with E-state index >= 15 is 0 Å². The minimum atomic E-state index is -0.568. The molecule has 1 aromatic heterocycles. The summed E-state index contributed by atoms with van der Waals surface area (Å²) in [4.78, 5) is 0. The molecule has 9 aromatic carbocycles. The molecule has 10 aromatic rings. The maximum absolute atomic E-state index is 7.14. The Labute approximate surface area is 306 Å². The van der Waals surface area contributed by atoms with Crippen molar-refractivity contribution in [3.05, 3.63) is 210 Å². The van der Waals surface area contributed by atoms with Gasteiger partial charge in [0.1, 0.15) is 11.5 Å². The minimum absolute atomic E-state index is 0.568. The van der Waals surface area contributed by atoms with Crippen molar-refractivity contribution in [2.24, 2.45) is 0 Å². The summed E-state index contributed by atoms with van der Waals surface area (Å²) in [6.45, 7) is 0. The van der Waals surface area contributed by atoms with Crippen LogP contribution in [0.3, 0.4) is 0 Å². The van der Waals surface area contributed by atoms with Crippen molar-refractivity contribution in [1.29, 1.82) is 0 Å². The molecule has 2 nitrogen and oxygen atoms in total. The molecule has 0 unspecified atom stereocenters. The summed E-state index contributed by atoms with van der Waals surface area (Å²) in [6.07, 6.45) is 0. The van der Waals surface area contributed by atoms with Crippen LogP contribution in [-0.2, 0) is 5.41 Å². The molecule has 1 spiro atoms. The van der Waals surface area contributed by atoms with Gasteiger partial charge in [-0.25, -0.2) is 0 Å². The number of aromatic nitrogens is 1. The van der Waals surface area contributed by atoms with Gasteiger partial charge in [-0.1, -0.05) is 158 Å². The number of ether oxygens (including phenoxy) is 1. The quantitative estimate of drug-likeness (QED) is 0.178. The van der Waals surface area contributed by atoms with Gasteiger partial charge in [0, 0.05) is 38.4 Å². The maximum atomic E-state index is 7.14. The van der Waals surface area contributed by atoms with Crippen molar-refractivity contribution in [1.82, 2.24) is 4.57 Å². The largest absolute Gasteiger partial charge is 0.455 e. The van der Waals surface area contributed by atoms with Crippen LogP contribution in [0.25, 0.3) is 71.3 Å². The lowest BCUT2D eigenvalue weighted by Crippen LogP contribution is -2.32. The lowest BCUT2D eigenvalue weighted by molar-refractivity contribution is 0.447. The second-order valence-corrected chi connectivity index (χ2v) is 14.4. The summed E-state index contributed by atoms with van der Waals surface area (Å²) in [7, 11) is 0. The van der Waals surface area contributed by atoms with Crippen LogP contribution >= 0.6 is 0 Å². The molecule has 1 aliphatic carbocycles. The number of fused-ring (bicyclic) bond motifs is 16. The molecule has 0 bridgehead atoms. The van der Waals surface area contributed by atoms with Crippen LogP contribution in [0.2, 0.25) is 0 Å². The van der Waals surface area contributed by atoms with Crippen LogP contribution in [0, 0.1) is 0 Å². The lowest BCUT2D eigenvalue weighted by Gasteiger charge is -2.40. The van der Waals surface area contributed by atoms with Gasteiger partial charge in [-0.2, -0.15) is 0 Å². The summed E-state index contributed by atoms with van der Waals surface area (Å²) in [5.74, 6) is 1.88. The SMILES string of the molecule is c1ccc2c(c1)-c1ccc(-c3ccc(-n4c5ccccc5c5ccccc54)cc3)cc1C21c2ccc3ccccc3c2Oc2c1ccc1ccccc21. The van der Waals surface area contributed by atoms with Gasteiger partial charge < -0.3 is 9.30 Å². The van der Waals surface area contributed by atoms with Crippen molar-refractivity contribution < 1.29 is 4.74 Å². The fourth-order valence-electron chi connectivity index (χ4n) is 9.59. The van der Waals surface area contributed by atoms with E-state index in [0.29, 0.717) is 0 Å². The van der Waals surface area contributed by atoms with Crippen LogP contribution in [0.15, 0.2) is 188 Å². The number of rotatable bonds is 2. The van der Waals surface area contributed by atoms with Gasteiger partial charge in [-0.15, -0.1) is 0 Å². The van der Waals surface area contributed by atoms with Crippen LogP contribution in [0.1, 0.15) is 22.3 Å². The van der Waals surface area contributed by atoms with Crippen molar-refractivity contribution in [3.63, 3.8) is 0 Å². The Morgan fingerprint density at radius 2 is 0.868 bits per heavy atom. The topological polar surface area (TPSA) is 14.2 Å². The summed E-state index contributed by atoms with van der Waals surface area (Å²) in [5.41, 5.74) is 12.9. The van der Waals surface area contributed by atoms with Crippen LogP contribution in [0.5, 0.6) is 11.5 Å². The first kappa shape index (κ1) is 28.8. The van der Waals surface area contributed by atoms with E-state index in [-0.39, 0.29) is 0 Å². The highest BCUT2D eigenvalue weighted by molar-refractivity contribution is 6.09. The highest BCUT2D eigenvalue weighted by Crippen LogP contribution is 2.64. The van der Waals surface area contributed by atoms with E-state index in [9.17, 15) is 0 Å². The third kappa shape index (κ3) is 3.77. The van der Waals surface area contributed by atoms with Crippen molar-refractivity contribution in [3.8, 4) is 39.4 Å². The smallest absolute Gasteiger partial charge is 0.140 e. The van der Waals surface area contributed by atoms with E-state index in [0.717, 1.165) is 28.0 Å². The molecule has 0 atom stereocenters. The Morgan fingerprint density at radius 1 is 0.358 bits per heavy atom. The molecular weight excluding hydrogens is 643 g/mol. The molecular formula is C51H31NO. The molecule has 0 N–H and O–H groups in total. The summed E-state index contributed by atoms with van der Waals surface area (Å²) in [6, 6.07) is 69.0. The Balaban J connectivity index is 1.11. The fourth-order valence-corrected chi connectivity index (χ4v) is 9.59. The molecule has 2 heterocycles. The number of para-hydroxylation sites is 2. The molecule has 2 heteroatoms. The summed E-state index contributed by atoms with van der Waals surface area (Å²) in [5, 5.41) is 7.15. The monoisotopic (exact) mass is 673 g/mol. The third-order valence-corrected chi connectivity index (χ3v) is 11.9. The number of benzene rings is 9. The highest BCUT2D eigenvalue weighted by Gasteiger charge is 2.51. The van der Waals surface area contributed by atoms with Gasteiger partial charge in [-0.3, -0.25) is 0 Å². The van der Waals surface area contributed by atoms with Gasteiger partial charge in [-0.05, 0) is 74.5 Å². The van der Waals surface area contributed by atoms with E-state index in [4.69, 9.17) is 4.74 Å². The van der Waals surface area contributed by atoms with E-state index < -0.39 is 5.41 Å². The molecule has 0 radical (unpaired) electrons. The zero-order chi connectivity index (χ0) is 34.7. The van der Waals surface area contributed by atoms with Crippen LogP contribution < -0.4 is 4.74 Å². The van der Waals surface area contributed by atoms with Crippen molar-refractivity contribution >= 4 is 43.4 Å². The number of hydrogen-bond acceptors (Lipinski definition) is 1. The predicted octanol–water partition coefficient (Wildman–Crippen LogP) is 13.2. The Hall–Kier alpha value is -6.90. The summed E-state index contributed by atoms with van der Waals surface area (Å²) < 4.78 is 9.53. The van der Waals surface area contributed by atoms with Gasteiger partial charge in [0.25, 0.3) is 0 Å². The molecule has 1 aliphatic heterocycles. The molecule has 246 valence electrons. The standard InChI is InChI=1S/C51H31NO/c1-3-13-37-33(11-1)24-29-44-49(37)53-50-38-14-4-2-12-34(38)25-30-45(50)51(44)43-18-8-5-15-39(43)40-28-23-35(31-46(40)51)32-21-26-36(27-22-32)52-47-19-9-6-16-41(47)42-17-7-10-20-48(42)52/h1-31H. The number of hydrogen-bond donors (Lipinski definition) is 0. The van der Waals surface area contributed by atoms with Gasteiger partial charge in [0.15, 0.2) is 0 Å². The second-order valence-electron chi connectivity index (χ2n) is 14.4. The summed E-state index contributed by atoms with van der Waals surface area (Å²) >= 11 is 0. The lowest BCUT2D eigenvalue weighted by atomic mass is 9.65. The van der Waals surface area contributed by atoms with E-state index in [1.54, 1.807) is 0 Å². The maximum Gasteiger partial charge on any atom is 0.140 e. The predicted molar refractivity (Wildman–Crippen MR) is 219 cm³/mol. The van der Waals surface area contributed by atoms with E-state index in [1.165, 1.54) is 77.1 Å². The Kier molecular flexibility index (Phi) is 5.73. The molecule has 12 rings (SSSR count). The Bertz CT molecular complexity index is 3010. The third-order valence-electron chi connectivity index (χ3n) is 11.9. The van der Waals surface area contributed by atoms with Crippen LogP contribution in [-0.4, -0.2) is 4.57 Å². The van der Waals surface area contributed by atoms with Crippen molar-refractivity contribution in [2.45, 2.75) is 5.41 Å². The molecule has 0 amide bonds. The molecule has 0 saturated heterocycles. The molecule has 0 fully saturated rings. The molecule has 53 heavy (non-hydrogen) atoms. The zero-order valence-corrected chi connectivity index (χ0v) is 28.8. The zero-order valence-electron chi connectivity index (χ0n) is 28.8. The van der Waals surface area contributed by atoms with E-state index in [2.05, 4.69) is 193 Å². The Morgan fingerprint density at radius 3 is 1.51 bits per heavy atom. The first-order valence-corrected chi connectivity index (χ1v) is 18.3. The van der Waals surface area contributed by atoms with Gasteiger partial charge in [0.2, 0.25) is 0 Å². The molecule has 2 aliphatic rings. The van der Waals surface area contributed by atoms with Gasteiger partial charge in [0.05, 0.1) is 16.4 Å². The average molecular weight is 674 g/mol. The first-order chi connectivity index (χ1) is 26.3. The first-order valence-electron chi connectivity index (χ1n) is 18.3. The highest BCUT2D eigenvalue weighted by atomic mass is 16.5. The minimum Gasteiger partial charge on any atom is -0.455 e. The average Bonchev–Trinajstić information content (AvgIpc) is 3.71. The number of nitrogens with zero attached hydrogens (tertiary/aromatic N) is 1. The van der Waals surface area contributed by atoms with E-state index in [1.807, 2.05) is 0 Å². The fraction of sp³-hybridized carbons (Fsp3) is 0.0196. The second kappa shape index (κ2) is 10.6. The molecule has 0 saturated carbocycles. The normalized spacial score (nSPS) is 13.6. The van der Waals surface area contributed by atoms with Crippen molar-refractivity contribution in [2.75, 3.05) is 0 Å². The van der Waals surface area contributed by atoms with Gasteiger partial charge >= 0.3 is 0 Å². The van der Waals surface area contributed by atoms with Crippen LogP contribution in [0.4, 0.5) is 0 Å².